The number of amides is 2. The Kier molecular flexibility index (Phi) is 3.17. The van der Waals surface area contributed by atoms with E-state index in [0.717, 1.165) is 0 Å². The lowest BCUT2D eigenvalue weighted by atomic mass is 10.2. The van der Waals surface area contributed by atoms with Crippen molar-refractivity contribution < 1.29 is 9.59 Å². The molecule has 0 saturated heterocycles. The number of primary amides is 1. The van der Waals surface area contributed by atoms with E-state index in [0.29, 0.717) is 0 Å². The third kappa shape index (κ3) is 1.89. The molecule has 0 aliphatic rings. The highest BCUT2D eigenvalue weighted by atomic mass is 16.2. The molecular formula is C6H10N2O2. The number of rotatable bonds is 2. The van der Waals surface area contributed by atoms with Crippen molar-refractivity contribution in [2.24, 2.45) is 5.73 Å². The molecule has 0 heterocycles. The summed E-state index contributed by atoms with van der Waals surface area (Å²) in [5, 5.41) is 2.29. The Balaban J connectivity index is 4.39. The molecule has 0 atom stereocenters. The first kappa shape index (κ1) is 8.68. The van der Waals surface area contributed by atoms with Crippen molar-refractivity contribution in [1.29, 1.82) is 0 Å². The molecule has 0 aromatic heterocycles. The van der Waals surface area contributed by atoms with Gasteiger partial charge in [0.15, 0.2) is 0 Å². The normalized spacial score (nSPS) is 10.8. The Labute approximate surface area is 59.1 Å². The first-order valence-electron chi connectivity index (χ1n) is 2.81. The molecule has 0 saturated carbocycles. The van der Waals surface area contributed by atoms with Gasteiger partial charge in [-0.1, -0.05) is 6.08 Å². The summed E-state index contributed by atoms with van der Waals surface area (Å²) >= 11 is 0. The van der Waals surface area contributed by atoms with Crippen LogP contribution in [0.25, 0.3) is 0 Å². The van der Waals surface area contributed by atoms with Gasteiger partial charge in [0.25, 0.3) is 11.8 Å². The van der Waals surface area contributed by atoms with E-state index >= 15 is 0 Å². The number of hydrogen-bond donors (Lipinski definition) is 2. The maximum Gasteiger partial charge on any atom is 0.256 e. The zero-order valence-corrected chi connectivity index (χ0v) is 5.97. The van der Waals surface area contributed by atoms with E-state index in [1.165, 1.54) is 13.1 Å². The first-order chi connectivity index (χ1) is 4.63. The number of carbonyl (C=O) groups excluding carboxylic acids is 2. The second-order valence-electron chi connectivity index (χ2n) is 1.65. The van der Waals surface area contributed by atoms with Gasteiger partial charge in [0.2, 0.25) is 0 Å². The Bertz CT molecular complexity index is 184. The summed E-state index contributed by atoms with van der Waals surface area (Å²) < 4.78 is 0. The van der Waals surface area contributed by atoms with Crippen molar-refractivity contribution in [1.82, 2.24) is 5.32 Å². The number of nitrogens with two attached hydrogens (primary N) is 1. The second-order valence-corrected chi connectivity index (χ2v) is 1.65. The van der Waals surface area contributed by atoms with E-state index in [1.807, 2.05) is 0 Å². The van der Waals surface area contributed by atoms with Gasteiger partial charge >= 0.3 is 0 Å². The smallest absolute Gasteiger partial charge is 0.256 e. The fourth-order valence-corrected chi connectivity index (χ4v) is 0.520. The van der Waals surface area contributed by atoms with Crippen LogP contribution in [-0.4, -0.2) is 18.9 Å². The first-order valence-corrected chi connectivity index (χ1v) is 2.81. The lowest BCUT2D eigenvalue weighted by Crippen LogP contribution is -2.28. The van der Waals surface area contributed by atoms with Crippen molar-refractivity contribution >= 4 is 11.8 Å². The van der Waals surface area contributed by atoms with Crippen LogP contribution in [-0.2, 0) is 9.59 Å². The van der Waals surface area contributed by atoms with E-state index in [9.17, 15) is 9.59 Å². The fourth-order valence-electron chi connectivity index (χ4n) is 0.520. The SMILES string of the molecule is C/C=C(\C(N)=O)C(=O)NC. The topological polar surface area (TPSA) is 72.2 Å². The molecule has 0 fully saturated rings. The molecule has 0 unspecified atom stereocenters. The molecule has 0 aliphatic heterocycles. The van der Waals surface area contributed by atoms with Crippen LogP contribution in [0.1, 0.15) is 6.92 Å². The minimum Gasteiger partial charge on any atom is -0.365 e. The van der Waals surface area contributed by atoms with Gasteiger partial charge in [-0.2, -0.15) is 0 Å². The summed E-state index contributed by atoms with van der Waals surface area (Å²) in [6.45, 7) is 1.58. The monoisotopic (exact) mass is 142 g/mol. The van der Waals surface area contributed by atoms with E-state index in [1.54, 1.807) is 6.92 Å². The average Bonchev–Trinajstić information content (AvgIpc) is 1.88. The third-order valence-electron chi connectivity index (χ3n) is 1.03. The van der Waals surface area contributed by atoms with Crippen molar-refractivity contribution in [2.75, 3.05) is 7.05 Å². The van der Waals surface area contributed by atoms with Crippen molar-refractivity contribution in [3.05, 3.63) is 11.6 Å². The predicted octanol–water partition coefficient (Wildman–Crippen LogP) is -0.836. The van der Waals surface area contributed by atoms with Gasteiger partial charge in [0.05, 0.1) is 5.57 Å². The summed E-state index contributed by atoms with van der Waals surface area (Å²) in [6, 6.07) is 0. The lowest BCUT2D eigenvalue weighted by Gasteiger charge is -1.98. The summed E-state index contributed by atoms with van der Waals surface area (Å²) in [5.41, 5.74) is 4.84. The van der Waals surface area contributed by atoms with Gasteiger partial charge in [-0.05, 0) is 6.92 Å². The maximum absolute atomic E-state index is 10.7. The van der Waals surface area contributed by atoms with Gasteiger partial charge in [-0.15, -0.1) is 0 Å². The van der Waals surface area contributed by atoms with Crippen molar-refractivity contribution in [2.45, 2.75) is 6.92 Å². The highest BCUT2D eigenvalue weighted by molar-refractivity contribution is 6.17. The summed E-state index contributed by atoms with van der Waals surface area (Å²) in [7, 11) is 1.44. The molecule has 4 heteroatoms. The molecule has 0 aliphatic carbocycles. The standard InChI is InChI=1S/C6H10N2O2/c1-3-4(5(7)9)6(10)8-2/h3H,1-2H3,(H2,7,9)(H,8,10)/b4-3+. The van der Waals surface area contributed by atoms with Gasteiger partial charge in [0.1, 0.15) is 0 Å². The van der Waals surface area contributed by atoms with Crippen LogP contribution in [0.4, 0.5) is 0 Å². The minimum atomic E-state index is -0.707. The van der Waals surface area contributed by atoms with Crippen molar-refractivity contribution in [3.63, 3.8) is 0 Å². The molecule has 56 valence electrons. The van der Waals surface area contributed by atoms with E-state index in [-0.39, 0.29) is 5.57 Å². The lowest BCUT2D eigenvalue weighted by molar-refractivity contribution is -0.121. The van der Waals surface area contributed by atoms with Crippen molar-refractivity contribution in [3.8, 4) is 0 Å². The highest BCUT2D eigenvalue weighted by Gasteiger charge is 2.10. The molecule has 0 rings (SSSR count). The Morgan fingerprint density at radius 1 is 1.50 bits per heavy atom. The van der Waals surface area contributed by atoms with E-state index < -0.39 is 11.8 Å². The number of allylic oxidation sites excluding steroid dienone is 1. The predicted molar refractivity (Wildman–Crippen MR) is 37.0 cm³/mol. The molecule has 0 aromatic rings. The number of likely N-dealkylation sites (N-methyl/N-ethyl adjacent to an activating group) is 1. The molecule has 2 amide bonds. The molecule has 0 aromatic carbocycles. The van der Waals surface area contributed by atoms with Crippen LogP contribution in [0.3, 0.4) is 0 Å². The molecule has 10 heavy (non-hydrogen) atoms. The minimum absolute atomic E-state index is 0.0116. The molecule has 0 radical (unpaired) electrons. The quantitative estimate of drug-likeness (QED) is 0.300. The zero-order valence-electron chi connectivity index (χ0n) is 5.97. The van der Waals surface area contributed by atoms with Crippen LogP contribution in [0.5, 0.6) is 0 Å². The molecule has 0 bridgehead atoms. The van der Waals surface area contributed by atoms with Gasteiger partial charge < -0.3 is 11.1 Å². The average molecular weight is 142 g/mol. The van der Waals surface area contributed by atoms with Crippen LogP contribution >= 0.6 is 0 Å². The van der Waals surface area contributed by atoms with Crippen LogP contribution in [0.2, 0.25) is 0 Å². The zero-order chi connectivity index (χ0) is 8.15. The Hall–Kier alpha value is -1.32. The molecule has 3 N–H and O–H groups in total. The Morgan fingerprint density at radius 3 is 2.10 bits per heavy atom. The van der Waals surface area contributed by atoms with Gasteiger partial charge in [0, 0.05) is 7.05 Å². The summed E-state index contributed by atoms with van der Waals surface area (Å²) in [6.07, 6.45) is 1.38. The largest absolute Gasteiger partial charge is 0.365 e. The summed E-state index contributed by atoms with van der Waals surface area (Å²) in [4.78, 5) is 21.1. The second kappa shape index (κ2) is 3.66. The molecule has 0 spiro atoms. The summed E-state index contributed by atoms with van der Waals surface area (Å²) in [5.74, 6) is -1.16. The number of carbonyl (C=O) groups is 2. The van der Waals surface area contributed by atoms with E-state index in [2.05, 4.69) is 5.32 Å². The van der Waals surface area contributed by atoms with E-state index in [4.69, 9.17) is 5.73 Å². The number of nitrogens with one attached hydrogen (secondary N) is 1. The molecular weight excluding hydrogens is 132 g/mol. The molecule has 4 nitrogen and oxygen atoms in total. The number of hydrogen-bond acceptors (Lipinski definition) is 2. The van der Waals surface area contributed by atoms with Gasteiger partial charge in [-0.3, -0.25) is 9.59 Å². The van der Waals surface area contributed by atoms with Crippen LogP contribution in [0, 0.1) is 0 Å². The maximum atomic E-state index is 10.7. The fraction of sp³-hybridized carbons (Fsp3) is 0.333. The van der Waals surface area contributed by atoms with Crippen LogP contribution < -0.4 is 11.1 Å². The third-order valence-corrected chi connectivity index (χ3v) is 1.03. The Morgan fingerprint density at radius 2 is 2.00 bits per heavy atom. The van der Waals surface area contributed by atoms with Gasteiger partial charge in [-0.25, -0.2) is 0 Å². The van der Waals surface area contributed by atoms with Crippen LogP contribution in [0.15, 0.2) is 11.6 Å². The highest BCUT2D eigenvalue weighted by Crippen LogP contribution is 1.90.